The molecular weight excluding hydrogens is 292 g/mol. The van der Waals surface area contributed by atoms with Crippen LogP contribution in [0.2, 0.25) is 0 Å². The molecule has 1 aliphatic carbocycles. The summed E-state index contributed by atoms with van der Waals surface area (Å²) in [6.07, 6.45) is 6.81. The summed E-state index contributed by atoms with van der Waals surface area (Å²) in [6.45, 7) is 4.70. The molecule has 3 rings (SSSR count). The monoisotopic (exact) mass is 316 g/mol. The molecular formula is C16H24N6O. The zero-order valence-corrected chi connectivity index (χ0v) is 13.9. The Labute approximate surface area is 136 Å². The number of amides is 2. The van der Waals surface area contributed by atoms with Crippen molar-refractivity contribution < 1.29 is 4.79 Å². The fraction of sp³-hybridized carbons (Fsp3) is 0.562. The number of nitrogens with one attached hydrogen (secondary N) is 2. The van der Waals surface area contributed by atoms with Crippen molar-refractivity contribution in [3.8, 4) is 0 Å². The molecule has 0 radical (unpaired) electrons. The Kier molecular flexibility index (Phi) is 4.36. The Morgan fingerprint density at radius 1 is 1.43 bits per heavy atom. The number of anilines is 1. The topological polar surface area (TPSA) is 76.8 Å². The summed E-state index contributed by atoms with van der Waals surface area (Å²) in [4.78, 5) is 12.2. The van der Waals surface area contributed by atoms with Gasteiger partial charge in [-0.1, -0.05) is 0 Å². The summed E-state index contributed by atoms with van der Waals surface area (Å²) in [6, 6.07) is 2.09. The smallest absolute Gasteiger partial charge is 0.320 e. The molecule has 2 aromatic heterocycles. The zero-order valence-electron chi connectivity index (χ0n) is 13.9. The molecule has 2 heterocycles. The summed E-state index contributed by atoms with van der Waals surface area (Å²) >= 11 is 0. The molecule has 0 bridgehead atoms. The van der Waals surface area contributed by atoms with Crippen LogP contribution in [0.5, 0.6) is 0 Å². The molecule has 1 atom stereocenters. The maximum atomic E-state index is 12.2. The van der Waals surface area contributed by atoms with Gasteiger partial charge in [-0.25, -0.2) is 9.48 Å². The molecule has 23 heavy (non-hydrogen) atoms. The molecule has 7 heteroatoms. The van der Waals surface area contributed by atoms with E-state index in [1.54, 1.807) is 6.20 Å². The van der Waals surface area contributed by atoms with E-state index in [4.69, 9.17) is 0 Å². The van der Waals surface area contributed by atoms with Gasteiger partial charge in [0.05, 0.1) is 12.2 Å². The second-order valence-corrected chi connectivity index (χ2v) is 6.28. The number of nitrogens with zero attached hydrogens (tertiary/aromatic N) is 4. The first-order valence-electron chi connectivity index (χ1n) is 8.12. The minimum absolute atomic E-state index is 0.194. The van der Waals surface area contributed by atoms with Crippen molar-refractivity contribution in [2.75, 3.05) is 11.9 Å². The van der Waals surface area contributed by atoms with E-state index in [1.807, 2.05) is 35.6 Å². The third-order valence-electron chi connectivity index (χ3n) is 4.49. The van der Waals surface area contributed by atoms with Crippen molar-refractivity contribution in [3.63, 3.8) is 0 Å². The maximum absolute atomic E-state index is 12.2. The first kappa shape index (κ1) is 15.6. The maximum Gasteiger partial charge on any atom is 0.320 e. The highest BCUT2D eigenvalue weighted by Gasteiger charge is 2.31. The van der Waals surface area contributed by atoms with Gasteiger partial charge in [0, 0.05) is 37.5 Å². The van der Waals surface area contributed by atoms with Crippen molar-refractivity contribution >= 4 is 11.8 Å². The molecule has 124 valence electrons. The van der Waals surface area contributed by atoms with Crippen LogP contribution in [0, 0.1) is 12.8 Å². The average molecular weight is 316 g/mol. The quantitative estimate of drug-likeness (QED) is 0.858. The number of aromatic nitrogens is 4. The van der Waals surface area contributed by atoms with Crippen LogP contribution in [0.4, 0.5) is 10.6 Å². The molecule has 2 N–H and O–H groups in total. The highest BCUT2D eigenvalue weighted by Crippen LogP contribution is 2.40. The number of carbonyl (C=O) groups excluding carboxylic acids is 1. The standard InChI is InChI=1S/C16H24N6O/c1-11-10-19-22(12(2)13-4-5-13)15(11)20-16(23)17-8-6-14-7-9-18-21(14)3/h7,9-10,12-13H,4-6,8H2,1-3H3,(H2,17,20,23). The van der Waals surface area contributed by atoms with Crippen molar-refractivity contribution in [3.05, 3.63) is 29.7 Å². The van der Waals surface area contributed by atoms with E-state index >= 15 is 0 Å². The first-order valence-corrected chi connectivity index (χ1v) is 8.12. The first-order chi connectivity index (χ1) is 11.1. The number of carbonyl (C=O) groups is 1. The molecule has 0 aromatic carbocycles. The Hall–Kier alpha value is -2.31. The summed E-state index contributed by atoms with van der Waals surface area (Å²) in [5.41, 5.74) is 2.08. The Bertz CT molecular complexity index is 685. The lowest BCUT2D eigenvalue weighted by atomic mass is 10.2. The van der Waals surface area contributed by atoms with Crippen LogP contribution < -0.4 is 10.6 Å². The van der Waals surface area contributed by atoms with Gasteiger partial charge in [-0.2, -0.15) is 10.2 Å². The highest BCUT2D eigenvalue weighted by molar-refractivity contribution is 5.89. The number of urea groups is 1. The van der Waals surface area contributed by atoms with E-state index in [9.17, 15) is 4.79 Å². The molecule has 2 amide bonds. The Morgan fingerprint density at radius 2 is 2.22 bits per heavy atom. The molecule has 0 aliphatic heterocycles. The SMILES string of the molecule is Cc1cnn(C(C)C2CC2)c1NC(=O)NCCc1ccnn1C. The summed E-state index contributed by atoms with van der Waals surface area (Å²) in [5.74, 6) is 1.48. The van der Waals surface area contributed by atoms with Crippen molar-refractivity contribution in [1.82, 2.24) is 24.9 Å². The second kappa shape index (κ2) is 6.44. The minimum Gasteiger partial charge on any atom is -0.337 e. The van der Waals surface area contributed by atoms with Crippen LogP contribution in [0.1, 0.15) is 37.1 Å². The Morgan fingerprint density at radius 3 is 2.87 bits per heavy atom. The predicted octanol–water partition coefficient (Wildman–Crippen LogP) is 2.26. The summed E-state index contributed by atoms with van der Waals surface area (Å²) in [5, 5.41) is 14.4. The van der Waals surface area contributed by atoms with E-state index in [1.165, 1.54) is 12.8 Å². The third kappa shape index (κ3) is 3.55. The largest absolute Gasteiger partial charge is 0.337 e. The molecule has 2 aromatic rings. The van der Waals surface area contributed by atoms with Crippen molar-refractivity contribution in [2.45, 2.75) is 39.2 Å². The molecule has 1 aliphatic rings. The predicted molar refractivity (Wildman–Crippen MR) is 88.3 cm³/mol. The van der Waals surface area contributed by atoms with Gasteiger partial charge < -0.3 is 5.32 Å². The van der Waals surface area contributed by atoms with Gasteiger partial charge in [0.25, 0.3) is 0 Å². The van der Waals surface area contributed by atoms with Crippen LogP contribution in [0.25, 0.3) is 0 Å². The van der Waals surface area contributed by atoms with E-state index < -0.39 is 0 Å². The van der Waals surface area contributed by atoms with Gasteiger partial charge in [0.15, 0.2) is 0 Å². The molecule has 1 fully saturated rings. The number of hydrogen-bond donors (Lipinski definition) is 2. The van der Waals surface area contributed by atoms with Crippen LogP contribution in [0.3, 0.4) is 0 Å². The van der Waals surface area contributed by atoms with Gasteiger partial charge in [-0.3, -0.25) is 10.00 Å². The van der Waals surface area contributed by atoms with Gasteiger partial charge in [-0.05, 0) is 38.7 Å². The van der Waals surface area contributed by atoms with Gasteiger partial charge in [0.2, 0.25) is 0 Å². The van der Waals surface area contributed by atoms with Crippen LogP contribution in [0.15, 0.2) is 18.5 Å². The van der Waals surface area contributed by atoms with E-state index in [0.29, 0.717) is 18.5 Å². The van der Waals surface area contributed by atoms with Gasteiger partial charge in [-0.15, -0.1) is 0 Å². The van der Waals surface area contributed by atoms with Gasteiger partial charge >= 0.3 is 6.03 Å². The van der Waals surface area contributed by atoms with E-state index in [2.05, 4.69) is 27.8 Å². The van der Waals surface area contributed by atoms with E-state index in [-0.39, 0.29) is 6.03 Å². The zero-order chi connectivity index (χ0) is 16.4. The third-order valence-corrected chi connectivity index (χ3v) is 4.49. The van der Waals surface area contributed by atoms with E-state index in [0.717, 1.165) is 23.5 Å². The van der Waals surface area contributed by atoms with Crippen molar-refractivity contribution in [2.24, 2.45) is 13.0 Å². The van der Waals surface area contributed by atoms with Crippen LogP contribution in [-0.2, 0) is 13.5 Å². The number of hydrogen-bond acceptors (Lipinski definition) is 3. The molecule has 1 saturated carbocycles. The average Bonchev–Trinajstić information content (AvgIpc) is 3.21. The Balaban J connectivity index is 1.55. The number of rotatable bonds is 6. The van der Waals surface area contributed by atoms with Gasteiger partial charge in [0.1, 0.15) is 5.82 Å². The lowest BCUT2D eigenvalue weighted by molar-refractivity contribution is 0.252. The number of aryl methyl sites for hydroxylation is 2. The fourth-order valence-corrected chi connectivity index (χ4v) is 2.79. The molecule has 7 nitrogen and oxygen atoms in total. The van der Waals surface area contributed by atoms with Crippen LogP contribution >= 0.6 is 0 Å². The summed E-state index contributed by atoms with van der Waals surface area (Å²) in [7, 11) is 1.90. The van der Waals surface area contributed by atoms with Crippen LogP contribution in [-0.4, -0.2) is 32.1 Å². The molecule has 0 spiro atoms. The minimum atomic E-state index is -0.194. The fourth-order valence-electron chi connectivity index (χ4n) is 2.79. The molecule has 0 saturated heterocycles. The summed E-state index contributed by atoms with van der Waals surface area (Å²) < 4.78 is 3.75. The lowest BCUT2D eigenvalue weighted by Gasteiger charge is -2.16. The van der Waals surface area contributed by atoms with Crippen molar-refractivity contribution in [1.29, 1.82) is 0 Å². The second-order valence-electron chi connectivity index (χ2n) is 6.28. The highest BCUT2D eigenvalue weighted by atomic mass is 16.2. The molecule has 1 unspecified atom stereocenters. The normalized spacial score (nSPS) is 15.4. The lowest BCUT2D eigenvalue weighted by Crippen LogP contribution is -2.32.